The first kappa shape index (κ1) is 13.2. The molecule has 100 valence electrons. The smallest absolute Gasteiger partial charge is 0.187 e. The van der Waals surface area contributed by atoms with Gasteiger partial charge in [-0.2, -0.15) is 0 Å². The average Bonchev–Trinajstić information content (AvgIpc) is 2.65. The van der Waals surface area contributed by atoms with Crippen molar-refractivity contribution in [1.29, 1.82) is 0 Å². The number of aliphatic hydroxyl groups is 2. The van der Waals surface area contributed by atoms with Crippen molar-refractivity contribution in [2.45, 2.75) is 63.9 Å². The van der Waals surface area contributed by atoms with Gasteiger partial charge in [0, 0.05) is 0 Å². The average molecular weight is 248 g/mol. The Morgan fingerprint density at radius 2 is 1.71 bits per heavy atom. The van der Waals surface area contributed by atoms with Crippen LogP contribution in [-0.4, -0.2) is 53.0 Å². The fourth-order valence-corrected chi connectivity index (χ4v) is 2.11. The molecular formula is C11H20O6. The fourth-order valence-electron chi connectivity index (χ4n) is 2.11. The maximum atomic E-state index is 10.1. The minimum absolute atomic E-state index is 0.265. The van der Waals surface area contributed by atoms with Crippen LogP contribution >= 0.6 is 0 Å². The molecule has 0 aromatic rings. The van der Waals surface area contributed by atoms with Gasteiger partial charge in [0.2, 0.25) is 0 Å². The van der Waals surface area contributed by atoms with Crippen LogP contribution in [0, 0.1) is 0 Å². The van der Waals surface area contributed by atoms with Crippen molar-refractivity contribution < 1.29 is 29.2 Å². The lowest BCUT2D eigenvalue weighted by Gasteiger charge is -2.25. The summed E-state index contributed by atoms with van der Waals surface area (Å²) in [7, 11) is 0. The van der Waals surface area contributed by atoms with Crippen molar-refractivity contribution in [1.82, 2.24) is 0 Å². The Morgan fingerprint density at radius 3 is 2.12 bits per heavy atom. The summed E-state index contributed by atoms with van der Waals surface area (Å²) >= 11 is 0. The van der Waals surface area contributed by atoms with Gasteiger partial charge in [-0.15, -0.1) is 0 Å². The molecule has 0 radical (unpaired) electrons. The van der Waals surface area contributed by atoms with E-state index < -0.39 is 36.2 Å². The molecule has 2 aliphatic heterocycles. The fraction of sp³-hybridized carbons (Fsp3) is 1.00. The van der Waals surface area contributed by atoms with E-state index >= 15 is 0 Å². The minimum Gasteiger partial charge on any atom is -0.387 e. The van der Waals surface area contributed by atoms with E-state index in [1.807, 2.05) is 0 Å². The lowest BCUT2D eigenvalue weighted by Crippen LogP contribution is -2.44. The van der Waals surface area contributed by atoms with Gasteiger partial charge in [-0.25, -0.2) is 0 Å². The molecule has 2 fully saturated rings. The molecule has 0 unspecified atom stereocenters. The highest BCUT2D eigenvalue weighted by Crippen LogP contribution is 2.33. The first-order valence-corrected chi connectivity index (χ1v) is 5.74. The summed E-state index contributed by atoms with van der Waals surface area (Å²) in [5.74, 6) is -1.62. The summed E-state index contributed by atoms with van der Waals surface area (Å²) in [5, 5.41) is 19.8. The van der Waals surface area contributed by atoms with Gasteiger partial charge in [-0.05, 0) is 27.7 Å². The van der Waals surface area contributed by atoms with Crippen LogP contribution in [0.5, 0.6) is 0 Å². The summed E-state index contributed by atoms with van der Waals surface area (Å²) in [5.41, 5.74) is 0. The highest BCUT2D eigenvalue weighted by Gasteiger charge is 2.49. The molecule has 2 rings (SSSR count). The van der Waals surface area contributed by atoms with Crippen molar-refractivity contribution in [2.75, 3.05) is 6.61 Å². The molecule has 0 aliphatic carbocycles. The van der Waals surface area contributed by atoms with Crippen molar-refractivity contribution in [2.24, 2.45) is 0 Å². The Labute approximate surface area is 100 Å². The van der Waals surface area contributed by atoms with Crippen molar-refractivity contribution in [3.8, 4) is 0 Å². The number of ether oxygens (including phenoxy) is 4. The number of hydrogen-bond acceptors (Lipinski definition) is 6. The SMILES string of the molecule is CC1(C)O[C@H]([C@H](O)[C@H]2COC(C)(C)O2)[C@H](O)O1. The first-order valence-electron chi connectivity index (χ1n) is 5.74. The minimum atomic E-state index is -1.16. The van der Waals surface area contributed by atoms with E-state index in [1.54, 1.807) is 27.7 Å². The molecule has 0 saturated carbocycles. The third-order valence-corrected chi connectivity index (χ3v) is 2.85. The largest absolute Gasteiger partial charge is 0.387 e. The molecule has 2 N–H and O–H groups in total. The molecule has 0 bridgehead atoms. The highest BCUT2D eigenvalue weighted by molar-refractivity contribution is 4.88. The number of rotatable bonds is 2. The number of hydrogen-bond donors (Lipinski definition) is 2. The lowest BCUT2D eigenvalue weighted by atomic mass is 10.1. The van der Waals surface area contributed by atoms with Crippen LogP contribution in [-0.2, 0) is 18.9 Å². The standard InChI is InChI=1S/C11H20O6/c1-10(2)14-5-6(15-10)7(12)8-9(13)17-11(3,4)16-8/h6-9,12-13H,5H2,1-4H3/t6-,7-,8-,9-/m1/s1. The van der Waals surface area contributed by atoms with E-state index in [0.717, 1.165) is 0 Å². The molecule has 2 saturated heterocycles. The van der Waals surface area contributed by atoms with E-state index in [9.17, 15) is 10.2 Å². The Morgan fingerprint density at radius 1 is 1.06 bits per heavy atom. The monoisotopic (exact) mass is 248 g/mol. The van der Waals surface area contributed by atoms with Gasteiger partial charge in [0.1, 0.15) is 18.3 Å². The zero-order valence-electron chi connectivity index (χ0n) is 10.5. The molecule has 6 heteroatoms. The van der Waals surface area contributed by atoms with Crippen LogP contribution in [0.3, 0.4) is 0 Å². The molecule has 6 nitrogen and oxygen atoms in total. The van der Waals surface area contributed by atoms with E-state index in [-0.39, 0.29) is 6.61 Å². The first-order chi connectivity index (χ1) is 7.70. The molecule has 0 aromatic carbocycles. The van der Waals surface area contributed by atoms with Crippen LogP contribution in [0.1, 0.15) is 27.7 Å². The van der Waals surface area contributed by atoms with Crippen LogP contribution in [0.25, 0.3) is 0 Å². The molecule has 17 heavy (non-hydrogen) atoms. The van der Waals surface area contributed by atoms with Gasteiger partial charge < -0.3 is 29.2 Å². The molecule has 0 amide bonds. The Balaban J connectivity index is 1.99. The third kappa shape index (κ3) is 2.78. The van der Waals surface area contributed by atoms with Gasteiger partial charge in [0.15, 0.2) is 17.9 Å². The normalized spacial score (nSPS) is 41.6. The van der Waals surface area contributed by atoms with Crippen LogP contribution < -0.4 is 0 Å². The van der Waals surface area contributed by atoms with Crippen molar-refractivity contribution in [3.63, 3.8) is 0 Å². The van der Waals surface area contributed by atoms with Gasteiger partial charge in [0.25, 0.3) is 0 Å². The molecular weight excluding hydrogens is 228 g/mol. The second kappa shape index (κ2) is 4.15. The van der Waals surface area contributed by atoms with Crippen LogP contribution in [0.4, 0.5) is 0 Å². The molecule has 4 atom stereocenters. The topological polar surface area (TPSA) is 77.4 Å². The zero-order chi connectivity index (χ0) is 12.8. The summed E-state index contributed by atoms with van der Waals surface area (Å²) in [6.07, 6.45) is -3.50. The third-order valence-electron chi connectivity index (χ3n) is 2.85. The van der Waals surface area contributed by atoms with Gasteiger partial charge in [-0.1, -0.05) is 0 Å². The van der Waals surface area contributed by atoms with E-state index in [1.165, 1.54) is 0 Å². The van der Waals surface area contributed by atoms with E-state index in [0.29, 0.717) is 0 Å². The summed E-state index contributed by atoms with van der Waals surface area (Å²) < 4.78 is 21.5. The maximum absolute atomic E-state index is 10.1. The Kier molecular flexibility index (Phi) is 3.22. The Bertz CT molecular complexity index is 290. The summed E-state index contributed by atoms with van der Waals surface area (Å²) in [6.45, 7) is 7.16. The Hall–Kier alpha value is -0.240. The van der Waals surface area contributed by atoms with Gasteiger partial charge in [0.05, 0.1) is 6.61 Å². The summed E-state index contributed by atoms with van der Waals surface area (Å²) in [4.78, 5) is 0. The van der Waals surface area contributed by atoms with Crippen LogP contribution in [0.2, 0.25) is 0 Å². The second-order valence-corrected chi connectivity index (χ2v) is 5.35. The van der Waals surface area contributed by atoms with Crippen molar-refractivity contribution in [3.05, 3.63) is 0 Å². The van der Waals surface area contributed by atoms with Crippen molar-refractivity contribution >= 4 is 0 Å². The second-order valence-electron chi connectivity index (χ2n) is 5.35. The molecule has 2 heterocycles. The quantitative estimate of drug-likeness (QED) is 0.714. The number of aliphatic hydroxyl groups excluding tert-OH is 2. The highest BCUT2D eigenvalue weighted by atomic mass is 16.8. The maximum Gasteiger partial charge on any atom is 0.187 e. The predicted molar refractivity (Wildman–Crippen MR) is 57.0 cm³/mol. The van der Waals surface area contributed by atoms with Crippen LogP contribution in [0.15, 0.2) is 0 Å². The van der Waals surface area contributed by atoms with Gasteiger partial charge >= 0.3 is 0 Å². The predicted octanol–water partition coefficient (Wildman–Crippen LogP) is -0.0313. The zero-order valence-corrected chi connectivity index (χ0v) is 10.5. The molecule has 0 aromatic heterocycles. The van der Waals surface area contributed by atoms with E-state index in [4.69, 9.17) is 18.9 Å². The van der Waals surface area contributed by atoms with E-state index in [2.05, 4.69) is 0 Å². The lowest BCUT2D eigenvalue weighted by molar-refractivity contribution is -0.180. The molecule has 2 aliphatic rings. The molecule has 0 spiro atoms. The van der Waals surface area contributed by atoms with Gasteiger partial charge in [-0.3, -0.25) is 0 Å². The summed E-state index contributed by atoms with van der Waals surface area (Å²) in [6, 6.07) is 0.